The summed E-state index contributed by atoms with van der Waals surface area (Å²) < 4.78 is 7.91. The summed E-state index contributed by atoms with van der Waals surface area (Å²) in [4.78, 5) is 0. The average Bonchev–Trinajstić information content (AvgIpc) is 3.63. The molecule has 9 aromatic rings. The van der Waals surface area contributed by atoms with Crippen molar-refractivity contribution in [3.63, 3.8) is 0 Å². The molecule has 0 bridgehead atoms. The molecule has 0 saturated heterocycles. The van der Waals surface area contributed by atoms with Crippen LogP contribution in [0.25, 0.3) is 85.9 Å². The van der Waals surface area contributed by atoms with Crippen LogP contribution >= 0.6 is 11.3 Å². The summed E-state index contributed by atoms with van der Waals surface area (Å²) >= 11 is 1.97. The number of aromatic nitrogens is 2. The second-order valence-electron chi connectivity index (χ2n) is 15.7. The Morgan fingerprint density at radius 3 is 2.00 bits per heavy atom. The summed E-state index contributed by atoms with van der Waals surface area (Å²) in [6.07, 6.45) is 2.37. The largest absolute Gasteiger partial charge is 0.284 e. The first-order valence-corrected chi connectivity index (χ1v) is 19.5. The number of rotatable bonds is 5. The SMILES string of the molecule is Cc1cccc(C(C)C)c1-c1cc[n+]2c3c1sc1ccc4c5ccccc5c5c6cc(-c7c(C(C)C)cccc7C(C)C)ccc6n(c5c4c13)C2. The fourth-order valence-electron chi connectivity index (χ4n) is 9.43. The van der Waals surface area contributed by atoms with Crippen LogP contribution in [0.15, 0.2) is 103 Å². The van der Waals surface area contributed by atoms with Crippen molar-refractivity contribution in [1.82, 2.24) is 4.57 Å². The molecular formula is C48H43N2S+. The van der Waals surface area contributed by atoms with Gasteiger partial charge in [0.25, 0.3) is 0 Å². The minimum Gasteiger partial charge on any atom is -0.284 e. The highest BCUT2D eigenvalue weighted by Crippen LogP contribution is 2.50. The van der Waals surface area contributed by atoms with Crippen LogP contribution in [0, 0.1) is 6.92 Å². The molecular weight excluding hydrogens is 637 g/mol. The van der Waals surface area contributed by atoms with E-state index in [1.54, 1.807) is 0 Å². The molecule has 0 spiro atoms. The predicted octanol–water partition coefficient (Wildman–Crippen LogP) is 13.6. The number of benzene rings is 6. The second-order valence-corrected chi connectivity index (χ2v) is 16.8. The van der Waals surface area contributed by atoms with Gasteiger partial charge in [0.2, 0.25) is 12.2 Å². The van der Waals surface area contributed by atoms with E-state index < -0.39 is 0 Å². The minimum atomic E-state index is 0.439. The smallest absolute Gasteiger partial charge is 0.234 e. The highest BCUT2D eigenvalue weighted by atomic mass is 32.1. The lowest BCUT2D eigenvalue weighted by Gasteiger charge is -2.20. The van der Waals surface area contributed by atoms with Gasteiger partial charge in [0.15, 0.2) is 6.20 Å². The minimum absolute atomic E-state index is 0.439. The van der Waals surface area contributed by atoms with Crippen molar-refractivity contribution < 1.29 is 4.57 Å². The van der Waals surface area contributed by atoms with Crippen molar-refractivity contribution in [3.8, 4) is 22.3 Å². The van der Waals surface area contributed by atoms with Crippen LogP contribution in [-0.2, 0) is 6.67 Å². The first-order valence-electron chi connectivity index (χ1n) is 18.6. The third-order valence-electron chi connectivity index (χ3n) is 11.7. The molecule has 10 rings (SSSR count). The van der Waals surface area contributed by atoms with Gasteiger partial charge in [-0.15, -0.1) is 11.3 Å². The van der Waals surface area contributed by atoms with E-state index in [2.05, 4.69) is 161 Å². The summed E-state index contributed by atoms with van der Waals surface area (Å²) in [7, 11) is 0. The Morgan fingerprint density at radius 1 is 0.608 bits per heavy atom. The van der Waals surface area contributed by atoms with Gasteiger partial charge in [-0.05, 0) is 98.0 Å². The van der Waals surface area contributed by atoms with Crippen LogP contribution in [-0.4, -0.2) is 4.57 Å². The number of nitrogens with zero attached hydrogens (tertiary/aromatic N) is 2. The summed E-state index contributed by atoms with van der Waals surface area (Å²) in [5.41, 5.74) is 15.2. The van der Waals surface area contributed by atoms with E-state index in [9.17, 15) is 0 Å². The number of fused-ring (bicyclic) bond motifs is 6. The van der Waals surface area contributed by atoms with Gasteiger partial charge in [0, 0.05) is 32.5 Å². The van der Waals surface area contributed by atoms with Gasteiger partial charge in [-0.2, -0.15) is 4.57 Å². The average molecular weight is 680 g/mol. The molecule has 0 N–H and O–H groups in total. The molecule has 0 radical (unpaired) electrons. The van der Waals surface area contributed by atoms with E-state index in [1.807, 2.05) is 11.3 Å². The van der Waals surface area contributed by atoms with E-state index in [0.29, 0.717) is 17.8 Å². The maximum Gasteiger partial charge on any atom is 0.234 e. The van der Waals surface area contributed by atoms with Crippen molar-refractivity contribution in [3.05, 3.63) is 126 Å². The van der Waals surface area contributed by atoms with Gasteiger partial charge in [0.05, 0.1) is 16.4 Å². The molecule has 0 fully saturated rings. The molecule has 0 saturated carbocycles. The molecule has 4 heterocycles. The lowest BCUT2D eigenvalue weighted by Crippen LogP contribution is -2.37. The normalized spacial score (nSPS) is 13.1. The first-order chi connectivity index (χ1) is 24.7. The second kappa shape index (κ2) is 11.0. The third kappa shape index (κ3) is 4.19. The van der Waals surface area contributed by atoms with Crippen molar-refractivity contribution in [2.24, 2.45) is 0 Å². The van der Waals surface area contributed by atoms with Gasteiger partial charge in [-0.25, -0.2) is 0 Å². The first kappa shape index (κ1) is 30.8. The quantitative estimate of drug-likeness (QED) is 0.126. The molecule has 0 amide bonds. The molecule has 51 heavy (non-hydrogen) atoms. The fourth-order valence-corrected chi connectivity index (χ4v) is 10.7. The fraction of sp³-hybridized carbons (Fsp3) is 0.229. The number of thiophene rings is 1. The third-order valence-corrected chi connectivity index (χ3v) is 12.9. The summed E-state index contributed by atoms with van der Waals surface area (Å²) in [6.45, 7) is 17.0. The van der Waals surface area contributed by atoms with E-state index in [1.165, 1.54) is 108 Å². The number of pyridine rings is 1. The topological polar surface area (TPSA) is 8.81 Å². The molecule has 0 unspecified atom stereocenters. The Bertz CT molecular complexity index is 2910. The monoisotopic (exact) mass is 679 g/mol. The van der Waals surface area contributed by atoms with E-state index in [0.717, 1.165) is 6.67 Å². The maximum atomic E-state index is 2.62. The van der Waals surface area contributed by atoms with Crippen molar-refractivity contribution >= 4 is 75.0 Å². The highest BCUT2D eigenvalue weighted by Gasteiger charge is 2.31. The van der Waals surface area contributed by atoms with E-state index >= 15 is 0 Å². The summed E-state index contributed by atoms with van der Waals surface area (Å²) in [6, 6.07) is 37.4. The van der Waals surface area contributed by atoms with Crippen LogP contribution in [0.2, 0.25) is 0 Å². The Balaban J connectivity index is 1.38. The van der Waals surface area contributed by atoms with Gasteiger partial charge in [0.1, 0.15) is 4.70 Å². The zero-order chi connectivity index (χ0) is 34.9. The van der Waals surface area contributed by atoms with Crippen LogP contribution in [0.3, 0.4) is 0 Å². The lowest BCUT2D eigenvalue weighted by molar-refractivity contribution is -0.674. The lowest BCUT2D eigenvalue weighted by atomic mass is 9.84. The van der Waals surface area contributed by atoms with E-state index in [-0.39, 0.29) is 0 Å². The van der Waals surface area contributed by atoms with Crippen molar-refractivity contribution in [2.45, 2.75) is 72.9 Å². The van der Waals surface area contributed by atoms with Crippen molar-refractivity contribution in [1.29, 1.82) is 0 Å². The zero-order valence-corrected chi connectivity index (χ0v) is 31.4. The van der Waals surface area contributed by atoms with Gasteiger partial charge in [-0.1, -0.05) is 114 Å². The molecule has 0 aliphatic carbocycles. The predicted molar refractivity (Wildman–Crippen MR) is 221 cm³/mol. The molecule has 3 heteroatoms. The maximum absolute atomic E-state index is 2.62. The number of hydrogen-bond donors (Lipinski definition) is 0. The molecule has 250 valence electrons. The van der Waals surface area contributed by atoms with E-state index in [4.69, 9.17) is 0 Å². The van der Waals surface area contributed by atoms with Crippen molar-refractivity contribution in [2.75, 3.05) is 0 Å². The molecule has 3 aromatic heterocycles. The number of hydrogen-bond acceptors (Lipinski definition) is 1. The van der Waals surface area contributed by atoms with Gasteiger partial charge < -0.3 is 0 Å². The zero-order valence-electron chi connectivity index (χ0n) is 30.6. The van der Waals surface area contributed by atoms with Crippen LogP contribution in [0.4, 0.5) is 0 Å². The summed E-state index contributed by atoms with van der Waals surface area (Å²) in [5.74, 6) is 1.32. The molecule has 6 aromatic carbocycles. The molecule has 2 nitrogen and oxygen atoms in total. The Labute approximate surface area is 303 Å². The van der Waals surface area contributed by atoms with Crippen LogP contribution in [0.5, 0.6) is 0 Å². The van der Waals surface area contributed by atoms with Gasteiger partial charge >= 0.3 is 0 Å². The Kier molecular flexibility index (Phi) is 6.65. The van der Waals surface area contributed by atoms with Crippen LogP contribution in [0.1, 0.15) is 81.5 Å². The molecule has 0 atom stereocenters. The Hall–Kier alpha value is -4.99. The number of aryl methyl sites for hydroxylation is 1. The van der Waals surface area contributed by atoms with Gasteiger partial charge in [-0.3, -0.25) is 4.57 Å². The Morgan fingerprint density at radius 2 is 1.27 bits per heavy atom. The highest BCUT2D eigenvalue weighted by molar-refractivity contribution is 7.26. The summed E-state index contributed by atoms with van der Waals surface area (Å²) in [5, 5.41) is 9.54. The molecule has 1 aliphatic rings. The van der Waals surface area contributed by atoms with Crippen LogP contribution < -0.4 is 4.57 Å². The molecule has 1 aliphatic heterocycles. The standard InChI is InChI=1S/C48H43N2S/c1-26(2)31-15-10-12-29(7)41(31)37-22-23-49-25-50-39-20-18-30(42-32(27(3)4)16-11-17-33(42)28(5)6)24-38(39)43-35-14-9-8-13-34(35)36-19-21-40-45(44(36)46(43)50)47(49)48(37)51-40/h8-24,26-28H,25H2,1-7H3/q+1.